The van der Waals surface area contributed by atoms with Gasteiger partial charge in [0.15, 0.2) is 0 Å². The van der Waals surface area contributed by atoms with E-state index in [0.717, 1.165) is 30.0 Å². The normalized spacial score (nSPS) is 16.3. The van der Waals surface area contributed by atoms with Gasteiger partial charge in [0, 0.05) is 37.6 Å². The number of pyridine rings is 1. The first-order valence-electron chi connectivity index (χ1n) is 9.12. The Morgan fingerprint density at radius 2 is 2.23 bits per heavy atom. The minimum absolute atomic E-state index is 0.388. The van der Waals surface area contributed by atoms with Crippen LogP contribution in [-0.2, 0) is 20.0 Å². The summed E-state index contributed by atoms with van der Waals surface area (Å²) in [7, 11) is 2.00. The van der Waals surface area contributed by atoms with Crippen LogP contribution in [0.1, 0.15) is 41.3 Å². The van der Waals surface area contributed by atoms with Gasteiger partial charge >= 0.3 is 0 Å². The van der Waals surface area contributed by atoms with Gasteiger partial charge in [-0.05, 0) is 55.5 Å². The molecule has 0 amide bonds. The van der Waals surface area contributed by atoms with Crippen molar-refractivity contribution in [3.05, 3.63) is 71.3 Å². The van der Waals surface area contributed by atoms with Crippen molar-refractivity contribution in [2.24, 2.45) is 7.05 Å². The fraction of sp³-hybridized carbons (Fsp3) is 0.333. The molecular formula is C21H24N4O. The number of nitrogens with zero attached hydrogens (tertiary/aromatic N) is 3. The number of ether oxygens (including phenoxy) is 1. The zero-order valence-corrected chi connectivity index (χ0v) is 15.3. The van der Waals surface area contributed by atoms with Crippen molar-refractivity contribution >= 4 is 0 Å². The van der Waals surface area contributed by atoms with Crippen LogP contribution in [0, 0.1) is 6.92 Å². The van der Waals surface area contributed by atoms with Gasteiger partial charge in [0.2, 0.25) is 0 Å². The third-order valence-corrected chi connectivity index (χ3v) is 4.87. The Bertz CT molecular complexity index is 888. The molecule has 2 aromatic heterocycles. The summed E-state index contributed by atoms with van der Waals surface area (Å²) >= 11 is 0. The predicted octanol–water partition coefficient (Wildman–Crippen LogP) is 4.08. The Hall–Kier alpha value is -2.66. The summed E-state index contributed by atoms with van der Waals surface area (Å²) in [5.41, 5.74) is 4.98. The van der Waals surface area contributed by atoms with Crippen LogP contribution < -0.4 is 10.1 Å². The molecule has 1 unspecified atom stereocenters. The molecule has 1 aliphatic rings. The Morgan fingerprint density at radius 1 is 1.31 bits per heavy atom. The summed E-state index contributed by atoms with van der Waals surface area (Å²) in [4.78, 5) is 4.09. The number of hydrogen-bond donors (Lipinski definition) is 1. The largest absolute Gasteiger partial charge is 0.455 e. The van der Waals surface area contributed by atoms with Crippen LogP contribution in [0.4, 0.5) is 0 Å². The monoisotopic (exact) mass is 348 g/mol. The molecule has 1 N–H and O–H groups in total. The standard InChI is InChI=1S/C21H24N4O/c1-15-11-16(8-9-21(15)26-17-5-4-10-22-13-17)12-23-19-6-3-7-20-18(19)14-25(2)24-20/h4-5,8-11,13-14,19,23H,3,6-7,12H2,1-2H3. The highest BCUT2D eigenvalue weighted by Crippen LogP contribution is 2.29. The molecule has 0 bridgehead atoms. The highest BCUT2D eigenvalue weighted by Gasteiger charge is 2.22. The fourth-order valence-corrected chi connectivity index (χ4v) is 3.59. The zero-order chi connectivity index (χ0) is 17.9. The zero-order valence-electron chi connectivity index (χ0n) is 15.3. The van der Waals surface area contributed by atoms with Crippen molar-refractivity contribution in [3.8, 4) is 11.5 Å². The Balaban J connectivity index is 1.42. The van der Waals surface area contributed by atoms with Crippen LogP contribution >= 0.6 is 0 Å². The maximum Gasteiger partial charge on any atom is 0.145 e. The topological polar surface area (TPSA) is 52.0 Å². The summed E-state index contributed by atoms with van der Waals surface area (Å²) in [6.07, 6.45) is 9.07. The SMILES string of the molecule is Cc1cc(CNC2CCCc3nn(C)cc32)ccc1Oc1cccnc1. The van der Waals surface area contributed by atoms with Gasteiger partial charge < -0.3 is 10.1 Å². The van der Waals surface area contributed by atoms with Gasteiger partial charge in [0.05, 0.1) is 11.9 Å². The van der Waals surface area contributed by atoms with E-state index in [1.165, 1.54) is 29.7 Å². The molecule has 0 radical (unpaired) electrons. The van der Waals surface area contributed by atoms with Gasteiger partial charge in [0.25, 0.3) is 0 Å². The lowest BCUT2D eigenvalue weighted by Crippen LogP contribution is -2.24. The van der Waals surface area contributed by atoms with Crippen molar-refractivity contribution in [1.82, 2.24) is 20.1 Å². The van der Waals surface area contributed by atoms with Gasteiger partial charge in [-0.1, -0.05) is 12.1 Å². The molecule has 26 heavy (non-hydrogen) atoms. The van der Waals surface area contributed by atoms with Crippen molar-refractivity contribution in [2.75, 3.05) is 0 Å². The minimum Gasteiger partial charge on any atom is -0.455 e. The number of aromatic nitrogens is 3. The Morgan fingerprint density at radius 3 is 3.04 bits per heavy atom. The smallest absolute Gasteiger partial charge is 0.145 e. The molecule has 5 nitrogen and oxygen atoms in total. The second-order valence-corrected chi connectivity index (χ2v) is 6.92. The van der Waals surface area contributed by atoms with E-state index in [1.54, 1.807) is 12.4 Å². The summed E-state index contributed by atoms with van der Waals surface area (Å²) < 4.78 is 7.84. The third-order valence-electron chi connectivity index (χ3n) is 4.87. The van der Waals surface area contributed by atoms with Gasteiger partial charge in [-0.2, -0.15) is 5.10 Å². The van der Waals surface area contributed by atoms with E-state index in [4.69, 9.17) is 4.74 Å². The average Bonchev–Trinajstić information content (AvgIpc) is 3.03. The minimum atomic E-state index is 0.388. The molecule has 1 atom stereocenters. The molecule has 134 valence electrons. The van der Waals surface area contributed by atoms with Crippen molar-refractivity contribution in [2.45, 2.75) is 38.8 Å². The van der Waals surface area contributed by atoms with Gasteiger partial charge in [-0.3, -0.25) is 9.67 Å². The first kappa shape index (κ1) is 16.8. The maximum atomic E-state index is 5.91. The van der Waals surface area contributed by atoms with Crippen LogP contribution in [0.2, 0.25) is 0 Å². The number of aryl methyl sites for hydroxylation is 3. The van der Waals surface area contributed by atoms with Crippen molar-refractivity contribution in [1.29, 1.82) is 0 Å². The van der Waals surface area contributed by atoms with Crippen molar-refractivity contribution in [3.63, 3.8) is 0 Å². The summed E-state index contributed by atoms with van der Waals surface area (Å²) in [5, 5.41) is 8.28. The number of hydrogen-bond acceptors (Lipinski definition) is 4. The number of nitrogens with one attached hydrogen (secondary N) is 1. The van der Waals surface area contributed by atoms with Crippen LogP contribution in [0.3, 0.4) is 0 Å². The molecule has 0 saturated carbocycles. The number of fused-ring (bicyclic) bond motifs is 1. The lowest BCUT2D eigenvalue weighted by atomic mass is 9.93. The number of benzene rings is 1. The molecule has 0 fully saturated rings. The van der Waals surface area contributed by atoms with Gasteiger partial charge in [-0.15, -0.1) is 0 Å². The van der Waals surface area contributed by atoms with E-state index < -0.39 is 0 Å². The second kappa shape index (κ2) is 7.30. The lowest BCUT2D eigenvalue weighted by molar-refractivity contribution is 0.456. The fourth-order valence-electron chi connectivity index (χ4n) is 3.59. The Labute approximate surface area is 154 Å². The van der Waals surface area contributed by atoms with Crippen molar-refractivity contribution < 1.29 is 4.74 Å². The third kappa shape index (κ3) is 3.63. The predicted molar refractivity (Wildman–Crippen MR) is 101 cm³/mol. The summed E-state index contributed by atoms with van der Waals surface area (Å²) in [6, 6.07) is 10.5. The van der Waals surface area contributed by atoms with E-state index in [1.807, 2.05) is 29.9 Å². The van der Waals surface area contributed by atoms with E-state index >= 15 is 0 Å². The molecule has 1 aliphatic carbocycles. The Kier molecular flexibility index (Phi) is 4.71. The van der Waals surface area contributed by atoms with Gasteiger partial charge in [0.1, 0.15) is 11.5 Å². The first-order chi connectivity index (χ1) is 12.7. The molecule has 5 heteroatoms. The van der Waals surface area contributed by atoms with Crippen LogP contribution in [0.15, 0.2) is 48.9 Å². The lowest BCUT2D eigenvalue weighted by Gasteiger charge is -2.23. The molecule has 0 spiro atoms. The molecule has 4 rings (SSSR count). The summed E-state index contributed by atoms with van der Waals surface area (Å²) in [6.45, 7) is 2.92. The number of rotatable bonds is 5. The van der Waals surface area contributed by atoms with Crippen LogP contribution in [-0.4, -0.2) is 14.8 Å². The second-order valence-electron chi connectivity index (χ2n) is 6.92. The molecule has 0 aliphatic heterocycles. The highest BCUT2D eigenvalue weighted by atomic mass is 16.5. The van der Waals surface area contributed by atoms with E-state index in [2.05, 4.69) is 40.7 Å². The quantitative estimate of drug-likeness (QED) is 0.755. The molecule has 3 aromatic rings. The van der Waals surface area contributed by atoms with E-state index in [-0.39, 0.29) is 0 Å². The molecule has 2 heterocycles. The maximum absolute atomic E-state index is 5.91. The van der Waals surface area contributed by atoms with Crippen LogP contribution in [0.5, 0.6) is 11.5 Å². The molecule has 1 aromatic carbocycles. The molecular weight excluding hydrogens is 324 g/mol. The first-order valence-corrected chi connectivity index (χ1v) is 9.12. The highest BCUT2D eigenvalue weighted by molar-refractivity contribution is 5.39. The molecule has 0 saturated heterocycles. The van der Waals surface area contributed by atoms with Crippen LogP contribution in [0.25, 0.3) is 0 Å². The van der Waals surface area contributed by atoms with E-state index in [9.17, 15) is 0 Å². The summed E-state index contributed by atoms with van der Waals surface area (Å²) in [5.74, 6) is 1.63. The van der Waals surface area contributed by atoms with E-state index in [0.29, 0.717) is 6.04 Å². The van der Waals surface area contributed by atoms with Gasteiger partial charge in [-0.25, -0.2) is 0 Å². The average molecular weight is 348 g/mol.